The monoisotopic (exact) mass is 381 g/mol. The normalized spacial score (nSPS) is 20.8. The van der Waals surface area contributed by atoms with Gasteiger partial charge in [0.25, 0.3) is 5.91 Å². The summed E-state index contributed by atoms with van der Waals surface area (Å²) in [4.78, 5) is 34.0. The second-order valence-corrected chi connectivity index (χ2v) is 7.13. The van der Waals surface area contributed by atoms with Gasteiger partial charge < -0.3 is 19.3 Å². The average molecular weight is 381 g/mol. The summed E-state index contributed by atoms with van der Waals surface area (Å²) in [5.41, 5.74) is 0.575. The highest BCUT2D eigenvalue weighted by atomic mass is 16.3. The van der Waals surface area contributed by atoms with Crippen LogP contribution in [0, 0.1) is 0 Å². The maximum Gasteiger partial charge on any atom is 0.290 e. The van der Waals surface area contributed by atoms with Crippen molar-refractivity contribution in [2.45, 2.75) is 25.3 Å². The van der Waals surface area contributed by atoms with Crippen LogP contribution in [0.2, 0.25) is 0 Å². The molecular formula is C21H23N3O4. The van der Waals surface area contributed by atoms with Gasteiger partial charge in [0.1, 0.15) is 6.04 Å². The lowest BCUT2D eigenvalue weighted by Crippen LogP contribution is -2.40. The van der Waals surface area contributed by atoms with Crippen LogP contribution >= 0.6 is 0 Å². The van der Waals surface area contributed by atoms with E-state index in [1.165, 1.54) is 18.8 Å². The number of hydrogen-bond donors (Lipinski definition) is 1. The molecule has 2 aliphatic rings. The topological polar surface area (TPSA) is 86.9 Å². The summed E-state index contributed by atoms with van der Waals surface area (Å²) in [6, 6.07) is 7.75. The van der Waals surface area contributed by atoms with Crippen LogP contribution in [0.1, 0.15) is 41.6 Å². The maximum absolute atomic E-state index is 13.0. The molecule has 7 nitrogen and oxygen atoms in total. The van der Waals surface area contributed by atoms with E-state index in [9.17, 15) is 14.7 Å². The molecule has 0 saturated carbocycles. The summed E-state index contributed by atoms with van der Waals surface area (Å²) in [7, 11) is 0. The second-order valence-electron chi connectivity index (χ2n) is 7.13. The third-order valence-electron chi connectivity index (χ3n) is 5.37. The van der Waals surface area contributed by atoms with Crippen molar-refractivity contribution in [1.29, 1.82) is 0 Å². The summed E-state index contributed by atoms with van der Waals surface area (Å²) in [5.74, 6) is -1.46. The Labute approximate surface area is 163 Å². The quantitative estimate of drug-likeness (QED) is 0.775. The number of amides is 1. The molecule has 2 aromatic rings. The van der Waals surface area contributed by atoms with Gasteiger partial charge in [-0.05, 0) is 50.2 Å². The molecule has 1 atom stereocenters. The van der Waals surface area contributed by atoms with Crippen LogP contribution in [-0.4, -0.2) is 57.8 Å². The molecule has 0 aromatic carbocycles. The number of rotatable bonds is 6. The number of furan rings is 1. The zero-order chi connectivity index (χ0) is 19.5. The molecule has 0 bridgehead atoms. The number of likely N-dealkylation sites (tertiary alicyclic amines) is 1. The number of aromatic nitrogens is 1. The Kier molecular flexibility index (Phi) is 5.25. The molecule has 4 rings (SSSR count). The zero-order valence-electron chi connectivity index (χ0n) is 15.6. The molecule has 0 spiro atoms. The van der Waals surface area contributed by atoms with Crippen LogP contribution in [0.15, 0.2) is 58.5 Å². The van der Waals surface area contributed by atoms with Gasteiger partial charge in [0, 0.05) is 19.3 Å². The average Bonchev–Trinajstić information content (AvgIpc) is 3.36. The van der Waals surface area contributed by atoms with Gasteiger partial charge >= 0.3 is 0 Å². The number of piperidine rings is 1. The summed E-state index contributed by atoms with van der Waals surface area (Å²) in [6.45, 7) is 3.13. The van der Waals surface area contributed by atoms with Crippen LogP contribution in [0.25, 0.3) is 0 Å². The fourth-order valence-corrected chi connectivity index (χ4v) is 3.93. The SMILES string of the molecule is O=C(C1=C(O)C(=O)N(CCN2CCCCC2)C1c1ccccn1)c1ccco1. The first kappa shape index (κ1) is 18.4. The summed E-state index contributed by atoms with van der Waals surface area (Å²) >= 11 is 0. The minimum absolute atomic E-state index is 0.0253. The predicted octanol–water partition coefficient (Wildman–Crippen LogP) is 2.74. The summed E-state index contributed by atoms with van der Waals surface area (Å²) in [5, 5.41) is 10.6. The third-order valence-corrected chi connectivity index (χ3v) is 5.37. The summed E-state index contributed by atoms with van der Waals surface area (Å²) in [6.07, 6.45) is 6.56. The fraction of sp³-hybridized carbons (Fsp3) is 0.381. The first-order chi connectivity index (χ1) is 13.7. The van der Waals surface area contributed by atoms with Gasteiger partial charge in [-0.1, -0.05) is 12.5 Å². The van der Waals surface area contributed by atoms with Crippen LogP contribution in [0.5, 0.6) is 0 Å². The van der Waals surface area contributed by atoms with Crippen molar-refractivity contribution in [2.75, 3.05) is 26.2 Å². The maximum atomic E-state index is 13.0. The number of carbonyl (C=O) groups excluding carboxylic acids is 2. The van der Waals surface area contributed by atoms with Crippen molar-refractivity contribution < 1.29 is 19.1 Å². The lowest BCUT2D eigenvalue weighted by Gasteiger charge is -2.31. The Bertz CT molecular complexity index is 870. The van der Waals surface area contributed by atoms with Crippen molar-refractivity contribution in [2.24, 2.45) is 0 Å². The molecule has 28 heavy (non-hydrogen) atoms. The van der Waals surface area contributed by atoms with E-state index in [0.717, 1.165) is 25.9 Å². The van der Waals surface area contributed by atoms with Crippen molar-refractivity contribution in [3.63, 3.8) is 0 Å². The number of nitrogens with zero attached hydrogens (tertiary/aromatic N) is 3. The van der Waals surface area contributed by atoms with Gasteiger partial charge in [-0.25, -0.2) is 0 Å². The highest BCUT2D eigenvalue weighted by Gasteiger charge is 2.45. The predicted molar refractivity (Wildman–Crippen MR) is 102 cm³/mol. The molecule has 4 heterocycles. The largest absolute Gasteiger partial charge is 0.503 e. The lowest BCUT2D eigenvalue weighted by molar-refractivity contribution is -0.129. The number of carbonyl (C=O) groups is 2. The molecule has 1 fully saturated rings. The number of hydrogen-bond acceptors (Lipinski definition) is 6. The van der Waals surface area contributed by atoms with E-state index in [-0.39, 0.29) is 11.3 Å². The molecule has 7 heteroatoms. The van der Waals surface area contributed by atoms with Crippen molar-refractivity contribution in [1.82, 2.24) is 14.8 Å². The summed E-state index contributed by atoms with van der Waals surface area (Å²) < 4.78 is 5.21. The Morgan fingerprint density at radius 3 is 2.64 bits per heavy atom. The van der Waals surface area contributed by atoms with Gasteiger partial charge in [-0.15, -0.1) is 0 Å². The molecule has 1 saturated heterocycles. The second kappa shape index (κ2) is 7.98. The molecule has 1 N–H and O–H groups in total. The minimum Gasteiger partial charge on any atom is -0.503 e. The Balaban J connectivity index is 1.64. The van der Waals surface area contributed by atoms with E-state index in [4.69, 9.17) is 4.42 Å². The van der Waals surface area contributed by atoms with Gasteiger partial charge in [0.05, 0.1) is 17.5 Å². The van der Waals surface area contributed by atoms with Crippen LogP contribution < -0.4 is 0 Å². The van der Waals surface area contributed by atoms with Crippen LogP contribution in [-0.2, 0) is 4.79 Å². The van der Waals surface area contributed by atoms with E-state index >= 15 is 0 Å². The van der Waals surface area contributed by atoms with Gasteiger partial charge in [0.2, 0.25) is 5.78 Å². The lowest BCUT2D eigenvalue weighted by atomic mass is 9.98. The van der Waals surface area contributed by atoms with E-state index in [1.54, 1.807) is 35.4 Å². The smallest absolute Gasteiger partial charge is 0.290 e. The highest BCUT2D eigenvalue weighted by molar-refractivity contribution is 6.14. The molecule has 0 radical (unpaired) electrons. The van der Waals surface area contributed by atoms with Gasteiger partial charge in [0.15, 0.2) is 11.5 Å². The molecular weight excluding hydrogens is 358 g/mol. The Morgan fingerprint density at radius 2 is 1.96 bits per heavy atom. The van der Waals surface area contributed by atoms with Crippen molar-refractivity contribution in [3.05, 3.63) is 65.6 Å². The number of Topliss-reactive ketones (excluding diaryl/α,β-unsaturated/α-hetero) is 1. The van der Waals surface area contributed by atoms with E-state index in [1.807, 2.05) is 0 Å². The van der Waals surface area contributed by atoms with Gasteiger partial charge in [-0.3, -0.25) is 14.6 Å². The highest BCUT2D eigenvalue weighted by Crippen LogP contribution is 2.38. The first-order valence-electron chi connectivity index (χ1n) is 9.62. The number of ketones is 1. The van der Waals surface area contributed by atoms with Gasteiger partial charge in [-0.2, -0.15) is 0 Å². The first-order valence-corrected chi connectivity index (χ1v) is 9.62. The van der Waals surface area contributed by atoms with Crippen LogP contribution in [0.3, 0.4) is 0 Å². The molecule has 2 aliphatic heterocycles. The molecule has 0 aliphatic carbocycles. The third kappa shape index (κ3) is 3.45. The number of aliphatic hydroxyl groups excluding tert-OH is 1. The van der Waals surface area contributed by atoms with E-state index in [2.05, 4.69) is 9.88 Å². The molecule has 146 valence electrons. The fourth-order valence-electron chi connectivity index (χ4n) is 3.93. The number of pyridine rings is 1. The van der Waals surface area contributed by atoms with Crippen LogP contribution in [0.4, 0.5) is 0 Å². The zero-order valence-corrected chi connectivity index (χ0v) is 15.6. The standard InChI is InChI=1S/C21H23N3O4/c25-19(16-8-6-14-28-16)17-18(15-7-2-3-9-22-15)24(21(27)20(17)26)13-12-23-10-4-1-5-11-23/h2-3,6-9,14,18,26H,1,4-5,10-13H2. The van der Waals surface area contributed by atoms with Crippen molar-refractivity contribution in [3.8, 4) is 0 Å². The molecule has 1 amide bonds. The minimum atomic E-state index is -0.726. The Morgan fingerprint density at radius 1 is 1.14 bits per heavy atom. The van der Waals surface area contributed by atoms with E-state index in [0.29, 0.717) is 18.8 Å². The molecule has 1 unspecified atom stereocenters. The molecule has 2 aromatic heterocycles. The number of aliphatic hydroxyl groups is 1. The van der Waals surface area contributed by atoms with E-state index < -0.39 is 23.5 Å². The van der Waals surface area contributed by atoms with Crippen molar-refractivity contribution >= 4 is 11.7 Å². The Hall–Kier alpha value is -2.93.